The predicted molar refractivity (Wildman–Crippen MR) is 56.0 cm³/mol. The van der Waals surface area contributed by atoms with Crippen LogP contribution in [0.2, 0.25) is 0 Å². The van der Waals surface area contributed by atoms with E-state index in [1.165, 1.54) is 5.75 Å². The molecular weight excluding hydrogens is 188 g/mol. The highest BCUT2D eigenvalue weighted by Crippen LogP contribution is 2.06. The molecule has 13 heavy (non-hydrogen) atoms. The Bertz CT molecular complexity index is 83.3. The van der Waals surface area contributed by atoms with Crippen LogP contribution in [0.1, 0.15) is 20.8 Å². The van der Waals surface area contributed by atoms with Gasteiger partial charge in [0.05, 0.1) is 12.5 Å². The Morgan fingerprint density at radius 1 is 1.31 bits per heavy atom. The molecule has 0 aliphatic carbocycles. The smallest absolute Gasteiger partial charge is 0.154 e. The van der Waals surface area contributed by atoms with Crippen molar-refractivity contribution in [3.05, 3.63) is 0 Å². The van der Waals surface area contributed by atoms with Crippen molar-refractivity contribution in [2.45, 2.75) is 27.1 Å². The average Bonchev–Trinajstić information content (AvgIpc) is 2.61. The van der Waals surface area contributed by atoms with Gasteiger partial charge in [-0.1, -0.05) is 0 Å². The second-order valence-corrected chi connectivity index (χ2v) is 3.46. The van der Waals surface area contributed by atoms with Crippen molar-refractivity contribution in [1.29, 1.82) is 0 Å². The fourth-order valence-electron chi connectivity index (χ4n) is 0.812. The highest BCUT2D eigenvalue weighted by atomic mass is 32.2. The molecular formula is C9H20O3S. The minimum atomic E-state index is -0.0370. The average molecular weight is 208 g/mol. The van der Waals surface area contributed by atoms with Gasteiger partial charge in [0.1, 0.15) is 0 Å². The predicted octanol–water partition coefficient (Wildman–Crippen LogP) is 2.11. The lowest BCUT2D eigenvalue weighted by Crippen LogP contribution is -2.11. The molecule has 1 saturated heterocycles. The molecule has 0 amide bonds. The van der Waals surface area contributed by atoms with Crippen LogP contribution in [0, 0.1) is 0 Å². The van der Waals surface area contributed by atoms with Crippen molar-refractivity contribution in [1.82, 2.24) is 0 Å². The minimum Gasteiger partial charge on any atom is -0.370 e. The minimum absolute atomic E-state index is 0.0370. The van der Waals surface area contributed by atoms with Crippen LogP contribution in [0.4, 0.5) is 0 Å². The zero-order chi connectivity index (χ0) is 9.94. The van der Waals surface area contributed by atoms with Gasteiger partial charge in [0.2, 0.25) is 0 Å². The normalized spacial score (nSPS) is 15.7. The molecule has 0 spiro atoms. The summed E-state index contributed by atoms with van der Waals surface area (Å²) in [5.74, 6) is 2.11. The van der Waals surface area contributed by atoms with E-state index in [1.54, 1.807) is 0 Å². The Morgan fingerprint density at radius 3 is 2.15 bits per heavy atom. The van der Waals surface area contributed by atoms with Gasteiger partial charge in [-0.05, 0) is 20.8 Å². The highest BCUT2D eigenvalue weighted by Gasteiger charge is 1.95. The van der Waals surface area contributed by atoms with E-state index in [-0.39, 0.29) is 6.29 Å². The number of rotatable bonds is 4. The fraction of sp³-hybridized carbons (Fsp3) is 1.00. The maximum absolute atomic E-state index is 5.06. The van der Waals surface area contributed by atoms with Gasteiger partial charge >= 0.3 is 0 Å². The van der Waals surface area contributed by atoms with E-state index < -0.39 is 0 Å². The van der Waals surface area contributed by atoms with Gasteiger partial charge in [-0.15, -0.1) is 11.8 Å². The molecule has 0 aromatic heterocycles. The molecule has 80 valence electrons. The van der Waals surface area contributed by atoms with Crippen LogP contribution in [0.25, 0.3) is 0 Å². The van der Waals surface area contributed by atoms with Gasteiger partial charge in [0, 0.05) is 19.0 Å². The summed E-state index contributed by atoms with van der Waals surface area (Å²) in [6.45, 7) is 8.21. The molecule has 0 radical (unpaired) electrons. The maximum atomic E-state index is 5.06. The van der Waals surface area contributed by atoms with Crippen molar-refractivity contribution in [3.8, 4) is 0 Å². The fourth-order valence-corrected chi connectivity index (χ4v) is 1.40. The molecule has 1 rings (SSSR count). The maximum Gasteiger partial charge on any atom is 0.154 e. The molecule has 0 N–H and O–H groups in total. The topological polar surface area (TPSA) is 27.7 Å². The number of ether oxygens (including phenoxy) is 3. The van der Waals surface area contributed by atoms with Crippen LogP contribution in [-0.2, 0) is 14.2 Å². The van der Waals surface area contributed by atoms with E-state index in [0.29, 0.717) is 0 Å². The molecule has 0 aromatic carbocycles. The van der Waals surface area contributed by atoms with E-state index in [4.69, 9.17) is 14.2 Å². The summed E-state index contributed by atoms with van der Waals surface area (Å²) >= 11 is 1.85. The monoisotopic (exact) mass is 208 g/mol. The Labute approximate surface area is 85.1 Å². The Morgan fingerprint density at radius 2 is 1.92 bits per heavy atom. The first-order valence-electron chi connectivity index (χ1n) is 4.70. The van der Waals surface area contributed by atoms with Gasteiger partial charge in [0.15, 0.2) is 6.29 Å². The molecule has 0 unspecified atom stereocenters. The summed E-state index contributed by atoms with van der Waals surface area (Å²) in [5.41, 5.74) is 0. The van der Waals surface area contributed by atoms with E-state index in [1.807, 2.05) is 32.5 Å². The number of hydrogen-bond donors (Lipinski definition) is 0. The SMILES string of the molecule is C1CSCO1.CCOC(C)OCC. The number of hydrogen-bond acceptors (Lipinski definition) is 4. The van der Waals surface area contributed by atoms with Gasteiger partial charge in [0.25, 0.3) is 0 Å². The van der Waals surface area contributed by atoms with Gasteiger partial charge < -0.3 is 14.2 Å². The summed E-state index contributed by atoms with van der Waals surface area (Å²) in [7, 11) is 0. The van der Waals surface area contributed by atoms with Gasteiger partial charge in [-0.2, -0.15) is 0 Å². The molecule has 0 aromatic rings. The van der Waals surface area contributed by atoms with Gasteiger partial charge in [-0.25, -0.2) is 0 Å². The Kier molecular flexibility index (Phi) is 10.5. The van der Waals surface area contributed by atoms with Crippen LogP contribution in [0.5, 0.6) is 0 Å². The quantitative estimate of drug-likeness (QED) is 0.661. The van der Waals surface area contributed by atoms with E-state index in [9.17, 15) is 0 Å². The van der Waals surface area contributed by atoms with Crippen LogP contribution in [-0.4, -0.2) is 37.8 Å². The molecule has 1 fully saturated rings. The first-order chi connectivity index (χ1) is 6.31. The van der Waals surface area contributed by atoms with Crippen molar-refractivity contribution in [2.75, 3.05) is 31.5 Å². The highest BCUT2D eigenvalue weighted by molar-refractivity contribution is 7.99. The largest absolute Gasteiger partial charge is 0.370 e. The zero-order valence-electron chi connectivity index (χ0n) is 8.75. The molecule has 0 saturated carbocycles. The number of thioether (sulfide) groups is 1. The lowest BCUT2D eigenvalue weighted by atomic mass is 10.7. The summed E-state index contributed by atoms with van der Waals surface area (Å²) in [6, 6.07) is 0. The third-order valence-corrected chi connectivity index (χ3v) is 2.13. The molecule has 0 atom stereocenters. The molecule has 1 aliphatic heterocycles. The Balaban J connectivity index is 0.000000243. The van der Waals surface area contributed by atoms with E-state index >= 15 is 0 Å². The molecule has 3 nitrogen and oxygen atoms in total. The van der Waals surface area contributed by atoms with Crippen molar-refractivity contribution < 1.29 is 14.2 Å². The molecule has 1 heterocycles. The first kappa shape index (κ1) is 13.2. The summed E-state index contributed by atoms with van der Waals surface area (Å²) in [5, 5.41) is 0. The lowest BCUT2D eigenvalue weighted by molar-refractivity contribution is -0.123. The van der Waals surface area contributed by atoms with Crippen LogP contribution < -0.4 is 0 Å². The second kappa shape index (κ2) is 10.3. The Hall–Kier alpha value is 0.230. The zero-order valence-corrected chi connectivity index (χ0v) is 9.56. The van der Waals surface area contributed by atoms with E-state index in [2.05, 4.69) is 0 Å². The summed E-state index contributed by atoms with van der Waals surface area (Å²) < 4.78 is 15.0. The third-order valence-electron chi connectivity index (χ3n) is 1.34. The van der Waals surface area contributed by atoms with Crippen LogP contribution >= 0.6 is 11.8 Å². The van der Waals surface area contributed by atoms with Crippen LogP contribution in [0.3, 0.4) is 0 Å². The van der Waals surface area contributed by atoms with Gasteiger partial charge in [-0.3, -0.25) is 0 Å². The molecule has 4 heteroatoms. The summed E-state index contributed by atoms with van der Waals surface area (Å²) in [6.07, 6.45) is -0.0370. The molecule has 0 bridgehead atoms. The van der Waals surface area contributed by atoms with Crippen molar-refractivity contribution in [3.63, 3.8) is 0 Å². The molecule has 1 aliphatic rings. The van der Waals surface area contributed by atoms with Crippen LogP contribution in [0.15, 0.2) is 0 Å². The van der Waals surface area contributed by atoms with Crippen molar-refractivity contribution in [2.24, 2.45) is 0 Å². The third kappa shape index (κ3) is 10.1. The van der Waals surface area contributed by atoms with E-state index in [0.717, 1.165) is 25.8 Å². The first-order valence-corrected chi connectivity index (χ1v) is 5.85. The lowest BCUT2D eigenvalue weighted by Gasteiger charge is -2.09. The summed E-state index contributed by atoms with van der Waals surface area (Å²) in [4.78, 5) is 0. The standard InChI is InChI=1S/C6H14O2.C3H6OS/c1-4-7-6(3)8-5-2;1-2-5-3-4-1/h6H,4-5H2,1-3H3;1-3H2. The second-order valence-electron chi connectivity index (χ2n) is 2.41. The van der Waals surface area contributed by atoms with Crippen molar-refractivity contribution >= 4 is 11.8 Å².